The molecule has 4 heterocycles. The van der Waals surface area contributed by atoms with Crippen LogP contribution in [0, 0.1) is 0 Å². The minimum atomic E-state index is 0.303. The standard InChI is InChI=1S/C19H22N6O/c1-24-14-21-10-16(24)13-25-9-3-4-15(12-25)18-19(23-8-7-22-18)26-17-5-2-6-20-11-17/h2,5-8,10-11,14-15H,3-4,9,12-13H2,1H3/t15-/m0/s1. The second-order valence-electron chi connectivity index (χ2n) is 6.61. The van der Waals surface area contributed by atoms with Gasteiger partial charge in [-0.25, -0.2) is 9.97 Å². The molecule has 1 aliphatic heterocycles. The van der Waals surface area contributed by atoms with Crippen molar-refractivity contribution in [1.29, 1.82) is 0 Å². The average molecular weight is 350 g/mol. The van der Waals surface area contributed by atoms with E-state index in [1.165, 1.54) is 5.69 Å². The Kier molecular flexibility index (Phi) is 4.88. The molecule has 3 aromatic heterocycles. The van der Waals surface area contributed by atoms with E-state index in [1.807, 2.05) is 31.7 Å². The molecule has 3 aromatic rings. The summed E-state index contributed by atoms with van der Waals surface area (Å²) in [7, 11) is 2.03. The molecule has 7 nitrogen and oxygen atoms in total. The summed E-state index contributed by atoms with van der Waals surface area (Å²) in [6.45, 7) is 2.92. The van der Waals surface area contributed by atoms with Gasteiger partial charge in [0, 0.05) is 50.8 Å². The van der Waals surface area contributed by atoms with E-state index in [4.69, 9.17) is 4.74 Å². The molecule has 26 heavy (non-hydrogen) atoms. The van der Waals surface area contributed by atoms with E-state index in [0.717, 1.165) is 38.2 Å². The molecule has 0 amide bonds. The van der Waals surface area contributed by atoms with Crippen molar-refractivity contribution in [3.05, 3.63) is 60.8 Å². The third-order valence-electron chi connectivity index (χ3n) is 4.73. The molecule has 0 unspecified atom stereocenters. The Bertz CT molecular complexity index is 850. The molecular weight excluding hydrogens is 328 g/mol. The molecule has 1 aliphatic rings. The van der Waals surface area contributed by atoms with Crippen LogP contribution in [0.4, 0.5) is 0 Å². The SMILES string of the molecule is Cn1cncc1CN1CCC[C@H](c2nccnc2Oc2cccnc2)C1. The van der Waals surface area contributed by atoms with Gasteiger partial charge in [0.25, 0.3) is 0 Å². The molecule has 0 bridgehead atoms. The van der Waals surface area contributed by atoms with E-state index >= 15 is 0 Å². The Morgan fingerprint density at radius 3 is 2.88 bits per heavy atom. The van der Waals surface area contributed by atoms with Gasteiger partial charge in [0.1, 0.15) is 11.4 Å². The van der Waals surface area contributed by atoms with E-state index in [9.17, 15) is 0 Å². The Hall–Kier alpha value is -2.80. The molecule has 0 aromatic carbocycles. The summed E-state index contributed by atoms with van der Waals surface area (Å²) >= 11 is 0. The summed E-state index contributed by atoms with van der Waals surface area (Å²) in [4.78, 5) is 19.8. The van der Waals surface area contributed by atoms with E-state index in [-0.39, 0.29) is 0 Å². The highest BCUT2D eigenvalue weighted by Gasteiger charge is 2.26. The van der Waals surface area contributed by atoms with Crippen molar-refractivity contribution in [2.45, 2.75) is 25.3 Å². The van der Waals surface area contributed by atoms with Crippen LogP contribution in [-0.2, 0) is 13.6 Å². The topological polar surface area (TPSA) is 69.0 Å². The lowest BCUT2D eigenvalue weighted by molar-refractivity contribution is 0.193. The smallest absolute Gasteiger partial charge is 0.241 e. The molecule has 0 aliphatic carbocycles. The second-order valence-corrected chi connectivity index (χ2v) is 6.61. The summed E-state index contributed by atoms with van der Waals surface area (Å²) in [5, 5.41) is 0. The molecule has 0 spiro atoms. The summed E-state index contributed by atoms with van der Waals surface area (Å²) in [6, 6.07) is 3.72. The van der Waals surface area contributed by atoms with Crippen molar-refractivity contribution < 1.29 is 4.74 Å². The first kappa shape index (κ1) is 16.7. The van der Waals surface area contributed by atoms with E-state index in [2.05, 4.69) is 29.4 Å². The predicted molar refractivity (Wildman–Crippen MR) is 96.8 cm³/mol. The van der Waals surface area contributed by atoms with Crippen LogP contribution in [0.5, 0.6) is 11.6 Å². The highest BCUT2D eigenvalue weighted by Crippen LogP contribution is 2.32. The molecule has 7 heteroatoms. The number of ether oxygens (including phenoxy) is 1. The zero-order chi connectivity index (χ0) is 17.8. The lowest BCUT2D eigenvalue weighted by Crippen LogP contribution is -2.34. The number of aryl methyl sites for hydroxylation is 1. The number of likely N-dealkylation sites (tertiary alicyclic amines) is 1. The van der Waals surface area contributed by atoms with Crippen molar-refractivity contribution >= 4 is 0 Å². The van der Waals surface area contributed by atoms with Crippen molar-refractivity contribution in [2.75, 3.05) is 13.1 Å². The first-order valence-corrected chi connectivity index (χ1v) is 8.86. The monoisotopic (exact) mass is 350 g/mol. The number of hydrogen-bond donors (Lipinski definition) is 0. The van der Waals surface area contributed by atoms with Crippen molar-refractivity contribution in [1.82, 2.24) is 29.4 Å². The number of nitrogens with zero attached hydrogens (tertiary/aromatic N) is 6. The average Bonchev–Trinajstić information content (AvgIpc) is 3.08. The van der Waals surface area contributed by atoms with E-state index < -0.39 is 0 Å². The molecule has 1 fully saturated rings. The van der Waals surface area contributed by atoms with Gasteiger partial charge in [-0.2, -0.15) is 0 Å². The first-order valence-electron chi connectivity index (χ1n) is 8.86. The van der Waals surface area contributed by atoms with Gasteiger partial charge in [-0.3, -0.25) is 14.9 Å². The Balaban J connectivity index is 1.51. The Labute approximate surface area is 152 Å². The van der Waals surface area contributed by atoms with Crippen molar-refractivity contribution in [3.8, 4) is 11.6 Å². The zero-order valence-electron chi connectivity index (χ0n) is 14.8. The van der Waals surface area contributed by atoms with Gasteiger partial charge in [0.05, 0.1) is 18.2 Å². The summed E-state index contributed by atoms with van der Waals surface area (Å²) in [5.41, 5.74) is 2.14. The minimum absolute atomic E-state index is 0.303. The quantitative estimate of drug-likeness (QED) is 0.705. The number of hydrogen-bond acceptors (Lipinski definition) is 6. The normalized spacial score (nSPS) is 18.0. The largest absolute Gasteiger partial charge is 0.436 e. The van der Waals surface area contributed by atoms with Gasteiger partial charge in [-0.15, -0.1) is 0 Å². The van der Waals surface area contributed by atoms with Gasteiger partial charge in [0.2, 0.25) is 5.88 Å². The number of rotatable bonds is 5. The van der Waals surface area contributed by atoms with Gasteiger partial charge < -0.3 is 9.30 Å². The maximum Gasteiger partial charge on any atom is 0.241 e. The predicted octanol–water partition coefficient (Wildman–Crippen LogP) is 2.78. The summed E-state index contributed by atoms with van der Waals surface area (Å²) in [6.07, 6.45) is 12.8. The molecular formula is C19H22N6O. The fourth-order valence-corrected chi connectivity index (χ4v) is 3.40. The maximum absolute atomic E-state index is 5.95. The highest BCUT2D eigenvalue weighted by atomic mass is 16.5. The number of piperidine rings is 1. The van der Waals surface area contributed by atoms with Crippen LogP contribution in [0.1, 0.15) is 30.1 Å². The van der Waals surface area contributed by atoms with Crippen molar-refractivity contribution in [2.24, 2.45) is 7.05 Å². The van der Waals surface area contributed by atoms with Crippen LogP contribution < -0.4 is 4.74 Å². The Morgan fingerprint density at radius 2 is 2.08 bits per heavy atom. The Morgan fingerprint density at radius 1 is 1.15 bits per heavy atom. The fraction of sp³-hybridized carbons (Fsp3) is 0.368. The highest BCUT2D eigenvalue weighted by molar-refractivity contribution is 5.29. The number of aromatic nitrogens is 5. The third kappa shape index (κ3) is 3.72. The molecule has 4 rings (SSSR count). The molecule has 0 saturated carbocycles. The van der Waals surface area contributed by atoms with Crippen LogP contribution in [-0.4, -0.2) is 42.5 Å². The summed E-state index contributed by atoms with van der Waals surface area (Å²) < 4.78 is 8.03. The molecule has 0 radical (unpaired) electrons. The molecule has 134 valence electrons. The van der Waals surface area contributed by atoms with Crippen LogP contribution >= 0.6 is 0 Å². The fourth-order valence-electron chi connectivity index (χ4n) is 3.40. The molecule has 1 atom stereocenters. The van der Waals surface area contributed by atoms with Gasteiger partial charge in [-0.05, 0) is 31.5 Å². The third-order valence-corrected chi connectivity index (χ3v) is 4.73. The van der Waals surface area contributed by atoms with Crippen LogP contribution in [0.3, 0.4) is 0 Å². The zero-order valence-corrected chi connectivity index (χ0v) is 14.8. The van der Waals surface area contributed by atoms with Gasteiger partial charge >= 0.3 is 0 Å². The van der Waals surface area contributed by atoms with Crippen LogP contribution in [0.15, 0.2) is 49.4 Å². The summed E-state index contributed by atoms with van der Waals surface area (Å²) in [5.74, 6) is 1.56. The van der Waals surface area contributed by atoms with Crippen molar-refractivity contribution in [3.63, 3.8) is 0 Å². The van der Waals surface area contributed by atoms with Gasteiger partial charge in [0.15, 0.2) is 0 Å². The van der Waals surface area contributed by atoms with E-state index in [0.29, 0.717) is 17.5 Å². The molecule has 1 saturated heterocycles. The van der Waals surface area contributed by atoms with Gasteiger partial charge in [-0.1, -0.05) is 0 Å². The number of imidazole rings is 1. The second kappa shape index (κ2) is 7.61. The van der Waals surface area contributed by atoms with Crippen LogP contribution in [0.2, 0.25) is 0 Å². The molecule has 0 N–H and O–H groups in total. The van der Waals surface area contributed by atoms with E-state index in [1.54, 1.807) is 24.8 Å². The van der Waals surface area contributed by atoms with Crippen LogP contribution in [0.25, 0.3) is 0 Å². The lowest BCUT2D eigenvalue weighted by atomic mass is 9.94. The minimum Gasteiger partial charge on any atom is -0.436 e. The maximum atomic E-state index is 5.95. The lowest BCUT2D eigenvalue weighted by Gasteiger charge is -2.32. The number of pyridine rings is 1. The first-order chi connectivity index (χ1) is 12.8.